The first kappa shape index (κ1) is 15.0. The standard InChI is InChI=1S/C16H18N6O/c1-10-5-4-6-12(19-10)8-18-16(23)20-13-7-14-11(2)21-22(3)15(14)17-9-13/h4-7,9H,8H2,1-3H3,(H2,18,20,23). The molecule has 0 unspecified atom stereocenters. The fourth-order valence-corrected chi connectivity index (χ4v) is 2.42. The van der Waals surface area contributed by atoms with Gasteiger partial charge in [0.25, 0.3) is 0 Å². The van der Waals surface area contributed by atoms with Crippen molar-refractivity contribution >= 4 is 22.8 Å². The number of aromatic nitrogens is 4. The van der Waals surface area contributed by atoms with Gasteiger partial charge in [-0.25, -0.2) is 9.78 Å². The molecule has 3 aromatic rings. The molecule has 0 atom stereocenters. The summed E-state index contributed by atoms with van der Waals surface area (Å²) in [5.74, 6) is 0. The van der Waals surface area contributed by atoms with Crippen LogP contribution in [-0.2, 0) is 13.6 Å². The maximum Gasteiger partial charge on any atom is 0.319 e. The van der Waals surface area contributed by atoms with Gasteiger partial charge in [0.1, 0.15) is 0 Å². The number of aryl methyl sites for hydroxylation is 3. The van der Waals surface area contributed by atoms with Gasteiger partial charge in [-0.15, -0.1) is 0 Å². The van der Waals surface area contributed by atoms with Crippen molar-refractivity contribution in [3.63, 3.8) is 0 Å². The molecule has 0 aromatic carbocycles. The van der Waals surface area contributed by atoms with E-state index in [4.69, 9.17) is 0 Å². The number of carbonyl (C=O) groups is 1. The van der Waals surface area contributed by atoms with Crippen molar-refractivity contribution in [3.8, 4) is 0 Å². The Labute approximate surface area is 133 Å². The molecular weight excluding hydrogens is 292 g/mol. The predicted molar refractivity (Wildman–Crippen MR) is 88.1 cm³/mol. The molecule has 7 heteroatoms. The van der Waals surface area contributed by atoms with Gasteiger partial charge in [0.05, 0.1) is 29.8 Å². The summed E-state index contributed by atoms with van der Waals surface area (Å²) in [6.07, 6.45) is 1.62. The number of pyridine rings is 2. The second kappa shape index (κ2) is 6.04. The van der Waals surface area contributed by atoms with Crippen molar-refractivity contribution in [1.29, 1.82) is 0 Å². The second-order valence-electron chi connectivity index (χ2n) is 5.38. The molecule has 2 amide bonds. The van der Waals surface area contributed by atoms with Crippen LogP contribution >= 0.6 is 0 Å². The van der Waals surface area contributed by atoms with Crippen molar-refractivity contribution in [2.75, 3.05) is 5.32 Å². The molecule has 7 nitrogen and oxygen atoms in total. The van der Waals surface area contributed by atoms with Crippen LogP contribution in [0.3, 0.4) is 0 Å². The summed E-state index contributed by atoms with van der Waals surface area (Å²) in [6.45, 7) is 4.20. The number of hydrogen-bond donors (Lipinski definition) is 2. The average molecular weight is 310 g/mol. The summed E-state index contributed by atoms with van der Waals surface area (Å²) in [5.41, 5.74) is 4.03. The SMILES string of the molecule is Cc1cccc(CNC(=O)Nc2cnc3c(c2)c(C)nn3C)n1. The summed E-state index contributed by atoms with van der Waals surface area (Å²) in [6, 6.07) is 7.28. The van der Waals surface area contributed by atoms with E-state index >= 15 is 0 Å². The van der Waals surface area contributed by atoms with E-state index in [1.165, 1.54) is 0 Å². The molecule has 0 saturated heterocycles. The Morgan fingerprint density at radius 2 is 2.13 bits per heavy atom. The summed E-state index contributed by atoms with van der Waals surface area (Å²) in [5, 5.41) is 10.8. The van der Waals surface area contributed by atoms with Crippen molar-refractivity contribution in [1.82, 2.24) is 25.1 Å². The lowest BCUT2D eigenvalue weighted by molar-refractivity contribution is 0.251. The van der Waals surface area contributed by atoms with Crippen LogP contribution in [0, 0.1) is 13.8 Å². The Hall–Kier alpha value is -2.96. The molecule has 0 fully saturated rings. The van der Waals surface area contributed by atoms with Crippen molar-refractivity contribution < 1.29 is 4.79 Å². The highest BCUT2D eigenvalue weighted by Crippen LogP contribution is 2.19. The average Bonchev–Trinajstić information content (AvgIpc) is 2.80. The van der Waals surface area contributed by atoms with Crippen LogP contribution in [0.15, 0.2) is 30.5 Å². The number of nitrogens with zero attached hydrogens (tertiary/aromatic N) is 4. The molecule has 0 saturated carbocycles. The van der Waals surface area contributed by atoms with Gasteiger partial charge in [-0.3, -0.25) is 9.67 Å². The van der Waals surface area contributed by atoms with Gasteiger partial charge in [0, 0.05) is 18.1 Å². The van der Waals surface area contributed by atoms with Crippen molar-refractivity contribution in [2.24, 2.45) is 7.05 Å². The van der Waals surface area contributed by atoms with Gasteiger partial charge >= 0.3 is 6.03 Å². The van der Waals surface area contributed by atoms with E-state index in [9.17, 15) is 4.79 Å². The Bertz CT molecular complexity index is 870. The summed E-state index contributed by atoms with van der Waals surface area (Å²) >= 11 is 0. The van der Waals surface area contributed by atoms with Gasteiger partial charge in [0.2, 0.25) is 0 Å². The van der Waals surface area contributed by atoms with Gasteiger partial charge in [-0.05, 0) is 32.0 Å². The second-order valence-corrected chi connectivity index (χ2v) is 5.38. The zero-order chi connectivity index (χ0) is 16.4. The number of rotatable bonds is 3. The van der Waals surface area contributed by atoms with E-state index in [1.807, 2.05) is 45.2 Å². The zero-order valence-electron chi connectivity index (χ0n) is 13.3. The summed E-state index contributed by atoms with van der Waals surface area (Å²) in [7, 11) is 1.84. The molecule has 118 valence electrons. The fourth-order valence-electron chi connectivity index (χ4n) is 2.42. The Morgan fingerprint density at radius 3 is 2.91 bits per heavy atom. The van der Waals surface area contributed by atoms with Gasteiger partial charge < -0.3 is 10.6 Å². The minimum atomic E-state index is -0.295. The van der Waals surface area contributed by atoms with E-state index in [0.717, 1.165) is 28.1 Å². The molecule has 0 radical (unpaired) electrons. The fraction of sp³-hybridized carbons (Fsp3) is 0.250. The zero-order valence-corrected chi connectivity index (χ0v) is 13.3. The van der Waals surface area contributed by atoms with Crippen LogP contribution in [0.2, 0.25) is 0 Å². The van der Waals surface area contributed by atoms with Crippen LogP contribution in [0.1, 0.15) is 17.1 Å². The number of fused-ring (bicyclic) bond motifs is 1. The maximum atomic E-state index is 12.0. The predicted octanol–water partition coefficient (Wildman–Crippen LogP) is 2.30. The molecule has 2 N–H and O–H groups in total. The number of nitrogens with one attached hydrogen (secondary N) is 2. The number of amides is 2. The minimum absolute atomic E-state index is 0.295. The highest BCUT2D eigenvalue weighted by molar-refractivity contribution is 5.91. The van der Waals surface area contributed by atoms with Crippen LogP contribution in [-0.4, -0.2) is 25.8 Å². The highest BCUT2D eigenvalue weighted by Gasteiger charge is 2.09. The third-order valence-corrected chi connectivity index (χ3v) is 3.50. The van der Waals surface area contributed by atoms with Crippen LogP contribution < -0.4 is 10.6 Å². The smallest absolute Gasteiger partial charge is 0.319 e. The third-order valence-electron chi connectivity index (χ3n) is 3.50. The van der Waals surface area contributed by atoms with Gasteiger partial charge in [-0.1, -0.05) is 6.07 Å². The van der Waals surface area contributed by atoms with Crippen LogP contribution in [0.5, 0.6) is 0 Å². The number of hydrogen-bond acceptors (Lipinski definition) is 4. The molecule has 23 heavy (non-hydrogen) atoms. The molecule has 3 rings (SSSR count). The minimum Gasteiger partial charge on any atom is -0.332 e. The van der Waals surface area contributed by atoms with Crippen molar-refractivity contribution in [2.45, 2.75) is 20.4 Å². The normalized spacial score (nSPS) is 10.7. The lowest BCUT2D eigenvalue weighted by Gasteiger charge is -2.07. The topological polar surface area (TPSA) is 84.7 Å². The monoisotopic (exact) mass is 310 g/mol. The lowest BCUT2D eigenvalue weighted by atomic mass is 10.2. The highest BCUT2D eigenvalue weighted by atomic mass is 16.2. The third kappa shape index (κ3) is 3.28. The first-order chi connectivity index (χ1) is 11.0. The number of anilines is 1. The van der Waals surface area contributed by atoms with Gasteiger partial charge in [-0.2, -0.15) is 5.10 Å². The largest absolute Gasteiger partial charge is 0.332 e. The summed E-state index contributed by atoms with van der Waals surface area (Å²) < 4.78 is 1.72. The molecule has 0 bridgehead atoms. The van der Waals surface area contributed by atoms with E-state index in [0.29, 0.717) is 12.2 Å². The molecule has 3 aromatic heterocycles. The Kier molecular flexibility index (Phi) is 3.92. The van der Waals surface area contributed by atoms with E-state index in [1.54, 1.807) is 10.9 Å². The van der Waals surface area contributed by atoms with Crippen LogP contribution in [0.25, 0.3) is 11.0 Å². The summed E-state index contributed by atoms with van der Waals surface area (Å²) in [4.78, 5) is 20.7. The number of urea groups is 1. The quantitative estimate of drug-likeness (QED) is 0.777. The lowest BCUT2D eigenvalue weighted by Crippen LogP contribution is -2.28. The molecule has 0 spiro atoms. The van der Waals surface area contributed by atoms with Gasteiger partial charge in [0.15, 0.2) is 5.65 Å². The first-order valence-electron chi connectivity index (χ1n) is 7.29. The molecular formula is C16H18N6O. The van der Waals surface area contributed by atoms with E-state index in [2.05, 4.69) is 25.7 Å². The molecule has 3 heterocycles. The maximum absolute atomic E-state index is 12.0. The number of carbonyl (C=O) groups excluding carboxylic acids is 1. The molecule has 0 aliphatic carbocycles. The molecule has 0 aliphatic rings. The van der Waals surface area contributed by atoms with E-state index < -0.39 is 0 Å². The van der Waals surface area contributed by atoms with E-state index in [-0.39, 0.29) is 6.03 Å². The molecule has 0 aliphatic heterocycles. The Balaban J connectivity index is 1.67. The first-order valence-corrected chi connectivity index (χ1v) is 7.29. The van der Waals surface area contributed by atoms with Crippen LogP contribution in [0.4, 0.5) is 10.5 Å². The van der Waals surface area contributed by atoms with Crippen molar-refractivity contribution in [3.05, 3.63) is 47.5 Å². The Morgan fingerprint density at radius 1 is 1.30 bits per heavy atom.